The Bertz CT molecular complexity index is 511. The van der Waals surface area contributed by atoms with Crippen molar-refractivity contribution in [2.45, 2.75) is 6.92 Å². The number of rotatable bonds is 2. The molecule has 0 aliphatic rings. The highest BCUT2D eigenvalue weighted by Gasteiger charge is 2.06. The van der Waals surface area contributed by atoms with Crippen LogP contribution in [0.3, 0.4) is 0 Å². The van der Waals surface area contributed by atoms with Gasteiger partial charge in [0.15, 0.2) is 0 Å². The van der Waals surface area contributed by atoms with Crippen LogP contribution in [0.2, 0.25) is 0 Å². The number of benzene rings is 1. The third kappa shape index (κ3) is 2.01. The van der Waals surface area contributed by atoms with Crippen LogP contribution in [0.4, 0.5) is 10.1 Å². The molecule has 3 N–H and O–H groups in total. The van der Waals surface area contributed by atoms with Crippen molar-refractivity contribution < 1.29 is 4.39 Å². The minimum absolute atomic E-state index is 0.285. The third-order valence-corrected chi connectivity index (χ3v) is 2.32. The number of hydrazine groups is 1. The molecule has 0 saturated heterocycles. The molecule has 1 heterocycles. The molecule has 0 aliphatic heterocycles. The van der Waals surface area contributed by atoms with E-state index in [1.165, 1.54) is 6.07 Å². The molecule has 2 rings (SSSR count). The average molecular weight is 217 g/mol. The Labute approximate surface area is 93.1 Å². The van der Waals surface area contributed by atoms with Crippen LogP contribution < -0.4 is 11.3 Å². The van der Waals surface area contributed by atoms with Gasteiger partial charge in [0, 0.05) is 11.8 Å². The van der Waals surface area contributed by atoms with Crippen LogP contribution in [0, 0.1) is 12.7 Å². The summed E-state index contributed by atoms with van der Waals surface area (Å²) in [5.74, 6) is 5.01. The van der Waals surface area contributed by atoms with Gasteiger partial charge in [-0.3, -0.25) is 10.8 Å². The third-order valence-electron chi connectivity index (χ3n) is 2.32. The summed E-state index contributed by atoms with van der Waals surface area (Å²) in [4.78, 5) is 4.12. The Morgan fingerprint density at radius 1 is 1.25 bits per heavy atom. The Morgan fingerprint density at radius 3 is 2.81 bits per heavy atom. The molecule has 3 nitrogen and oxygen atoms in total. The summed E-state index contributed by atoms with van der Waals surface area (Å²) >= 11 is 0. The van der Waals surface area contributed by atoms with Crippen molar-refractivity contribution in [2.24, 2.45) is 5.84 Å². The number of hydrogen-bond donors (Lipinski definition) is 2. The first-order valence-corrected chi connectivity index (χ1v) is 4.90. The van der Waals surface area contributed by atoms with Gasteiger partial charge in [-0.1, -0.05) is 11.6 Å². The number of aromatic nitrogens is 1. The minimum Gasteiger partial charge on any atom is -0.324 e. The van der Waals surface area contributed by atoms with E-state index in [4.69, 9.17) is 5.84 Å². The van der Waals surface area contributed by atoms with Crippen LogP contribution in [0.5, 0.6) is 0 Å². The molecule has 0 radical (unpaired) electrons. The molecule has 16 heavy (non-hydrogen) atoms. The molecule has 4 heteroatoms. The predicted octanol–water partition coefficient (Wildman–Crippen LogP) is 2.48. The van der Waals surface area contributed by atoms with Crippen LogP contribution in [0.1, 0.15) is 5.56 Å². The molecule has 82 valence electrons. The number of nitrogens with zero attached hydrogens (tertiary/aromatic N) is 1. The van der Waals surface area contributed by atoms with E-state index < -0.39 is 0 Å². The van der Waals surface area contributed by atoms with E-state index in [0.29, 0.717) is 16.9 Å². The lowest BCUT2D eigenvalue weighted by atomic mass is 10.1. The zero-order chi connectivity index (χ0) is 11.5. The minimum atomic E-state index is -0.285. The number of hydrogen-bond acceptors (Lipinski definition) is 3. The van der Waals surface area contributed by atoms with E-state index in [1.54, 1.807) is 30.5 Å². The zero-order valence-electron chi connectivity index (χ0n) is 8.87. The summed E-state index contributed by atoms with van der Waals surface area (Å²) in [5, 5.41) is 0. The first kappa shape index (κ1) is 10.6. The first-order chi connectivity index (χ1) is 7.70. The monoisotopic (exact) mass is 217 g/mol. The van der Waals surface area contributed by atoms with Crippen molar-refractivity contribution in [3.63, 3.8) is 0 Å². The van der Waals surface area contributed by atoms with Crippen LogP contribution in [-0.4, -0.2) is 4.98 Å². The fraction of sp³-hybridized carbons (Fsp3) is 0.0833. The standard InChI is InChI=1S/C12H12FN3/c1-8-2-3-11(13)10(6-8)12-7-9(16-14)4-5-15-12/h2-7H,14H2,1H3,(H,15,16). The molecule has 0 fully saturated rings. The Balaban J connectivity index is 2.53. The normalized spacial score (nSPS) is 10.2. The summed E-state index contributed by atoms with van der Waals surface area (Å²) in [7, 11) is 0. The van der Waals surface area contributed by atoms with Gasteiger partial charge in [-0.15, -0.1) is 0 Å². The van der Waals surface area contributed by atoms with Gasteiger partial charge in [0.05, 0.1) is 11.4 Å². The summed E-state index contributed by atoms with van der Waals surface area (Å²) in [6.07, 6.45) is 1.59. The summed E-state index contributed by atoms with van der Waals surface area (Å²) in [5.41, 5.74) is 5.25. The highest BCUT2D eigenvalue weighted by Crippen LogP contribution is 2.23. The summed E-state index contributed by atoms with van der Waals surface area (Å²) < 4.78 is 13.6. The van der Waals surface area contributed by atoms with Crippen molar-refractivity contribution >= 4 is 5.69 Å². The van der Waals surface area contributed by atoms with Crippen LogP contribution >= 0.6 is 0 Å². The Kier molecular flexibility index (Phi) is 2.83. The predicted molar refractivity (Wildman–Crippen MR) is 62.2 cm³/mol. The fourth-order valence-electron chi connectivity index (χ4n) is 1.50. The lowest BCUT2D eigenvalue weighted by molar-refractivity contribution is 0.630. The lowest BCUT2D eigenvalue weighted by Crippen LogP contribution is -2.06. The second-order valence-corrected chi connectivity index (χ2v) is 3.56. The number of anilines is 1. The molecule has 0 saturated carbocycles. The maximum Gasteiger partial charge on any atom is 0.132 e. The number of nitrogen functional groups attached to an aromatic ring is 1. The quantitative estimate of drug-likeness (QED) is 0.600. The molecule has 2 aromatic rings. The van der Waals surface area contributed by atoms with Gasteiger partial charge in [0.2, 0.25) is 0 Å². The molecular formula is C12H12FN3. The van der Waals surface area contributed by atoms with Crippen LogP contribution in [0.15, 0.2) is 36.5 Å². The maximum atomic E-state index is 13.6. The van der Waals surface area contributed by atoms with Crippen molar-refractivity contribution in [3.8, 4) is 11.3 Å². The van der Waals surface area contributed by atoms with Crippen molar-refractivity contribution in [1.82, 2.24) is 4.98 Å². The van der Waals surface area contributed by atoms with Gasteiger partial charge in [0.1, 0.15) is 5.82 Å². The number of nitrogens with one attached hydrogen (secondary N) is 1. The highest BCUT2D eigenvalue weighted by molar-refractivity contribution is 5.64. The molecule has 0 atom stereocenters. The second kappa shape index (κ2) is 4.28. The van der Waals surface area contributed by atoms with E-state index in [9.17, 15) is 4.39 Å². The lowest BCUT2D eigenvalue weighted by Gasteiger charge is -2.06. The molecule has 1 aromatic heterocycles. The molecule has 0 amide bonds. The zero-order valence-corrected chi connectivity index (χ0v) is 8.87. The van der Waals surface area contributed by atoms with Gasteiger partial charge in [-0.2, -0.15) is 0 Å². The van der Waals surface area contributed by atoms with E-state index in [1.807, 2.05) is 6.92 Å². The number of halogens is 1. The molecule has 0 bridgehead atoms. The van der Waals surface area contributed by atoms with E-state index in [2.05, 4.69) is 10.4 Å². The second-order valence-electron chi connectivity index (χ2n) is 3.56. The van der Waals surface area contributed by atoms with Crippen molar-refractivity contribution in [1.29, 1.82) is 0 Å². The summed E-state index contributed by atoms with van der Waals surface area (Å²) in [6.45, 7) is 1.91. The average Bonchev–Trinajstić information content (AvgIpc) is 2.32. The van der Waals surface area contributed by atoms with Gasteiger partial charge in [0.25, 0.3) is 0 Å². The van der Waals surface area contributed by atoms with Gasteiger partial charge in [-0.25, -0.2) is 4.39 Å². The molecule has 0 spiro atoms. The SMILES string of the molecule is Cc1ccc(F)c(-c2cc(NN)ccn2)c1. The Hall–Kier alpha value is -1.94. The topological polar surface area (TPSA) is 50.9 Å². The summed E-state index contributed by atoms with van der Waals surface area (Å²) in [6, 6.07) is 8.35. The van der Waals surface area contributed by atoms with E-state index >= 15 is 0 Å². The van der Waals surface area contributed by atoms with Gasteiger partial charge < -0.3 is 5.43 Å². The number of aryl methyl sites for hydroxylation is 1. The highest BCUT2D eigenvalue weighted by atomic mass is 19.1. The van der Waals surface area contributed by atoms with E-state index in [0.717, 1.165) is 5.56 Å². The first-order valence-electron chi connectivity index (χ1n) is 4.90. The van der Waals surface area contributed by atoms with Crippen molar-refractivity contribution in [2.75, 3.05) is 5.43 Å². The maximum absolute atomic E-state index is 13.6. The molecule has 0 aliphatic carbocycles. The van der Waals surface area contributed by atoms with Crippen molar-refractivity contribution in [3.05, 3.63) is 47.9 Å². The molecular weight excluding hydrogens is 205 g/mol. The van der Waals surface area contributed by atoms with E-state index in [-0.39, 0.29) is 5.82 Å². The van der Waals surface area contributed by atoms with Crippen LogP contribution in [0.25, 0.3) is 11.3 Å². The van der Waals surface area contributed by atoms with Gasteiger partial charge in [-0.05, 0) is 31.2 Å². The fourth-order valence-corrected chi connectivity index (χ4v) is 1.50. The molecule has 1 aromatic carbocycles. The molecule has 0 unspecified atom stereocenters. The number of nitrogens with two attached hydrogens (primary N) is 1. The largest absolute Gasteiger partial charge is 0.324 e. The smallest absolute Gasteiger partial charge is 0.132 e. The van der Waals surface area contributed by atoms with Crippen LogP contribution in [-0.2, 0) is 0 Å². The number of pyridine rings is 1. The Morgan fingerprint density at radius 2 is 2.06 bits per heavy atom. The van der Waals surface area contributed by atoms with Gasteiger partial charge >= 0.3 is 0 Å².